The van der Waals surface area contributed by atoms with E-state index in [1.54, 1.807) is 18.2 Å². The minimum Gasteiger partial charge on any atom is -0.452 e. The molecule has 0 saturated carbocycles. The van der Waals surface area contributed by atoms with Gasteiger partial charge in [-0.15, -0.1) is 11.3 Å². The number of nitrogens with one attached hydrogen (secondary N) is 2. The summed E-state index contributed by atoms with van der Waals surface area (Å²) < 4.78 is 5.10. The van der Waals surface area contributed by atoms with Gasteiger partial charge < -0.3 is 9.72 Å². The Bertz CT molecular complexity index is 1150. The van der Waals surface area contributed by atoms with Gasteiger partial charge in [0.15, 0.2) is 11.7 Å². The second-order valence-electron chi connectivity index (χ2n) is 6.10. The molecule has 2 aromatic heterocycles. The minimum absolute atomic E-state index is 0.341. The first-order chi connectivity index (χ1) is 13.6. The minimum atomic E-state index is -0.580. The van der Waals surface area contributed by atoms with Crippen molar-refractivity contribution < 1.29 is 14.3 Å². The molecule has 0 aliphatic carbocycles. The number of esters is 1. The number of fused-ring (bicyclic) bond motifs is 1. The number of benzene rings is 2. The molecule has 0 saturated heterocycles. The highest BCUT2D eigenvalue weighted by Crippen LogP contribution is 2.21. The van der Waals surface area contributed by atoms with E-state index in [1.165, 1.54) is 11.3 Å². The van der Waals surface area contributed by atoms with Crippen LogP contribution >= 0.6 is 11.3 Å². The number of H-pyrrole nitrogens is 1. The summed E-state index contributed by atoms with van der Waals surface area (Å²) in [4.78, 5) is 36.0. The number of carbonyl (C=O) groups is 2. The molecule has 140 valence electrons. The van der Waals surface area contributed by atoms with Crippen molar-refractivity contribution in [2.45, 2.75) is 6.92 Å². The third kappa shape index (κ3) is 3.91. The van der Waals surface area contributed by atoms with Crippen LogP contribution in [-0.2, 0) is 9.53 Å². The average Bonchev–Trinajstić information content (AvgIpc) is 3.32. The van der Waals surface area contributed by atoms with Crippen molar-refractivity contribution in [2.24, 2.45) is 0 Å². The summed E-state index contributed by atoms with van der Waals surface area (Å²) in [6.07, 6.45) is 0. The molecule has 2 aromatic carbocycles. The SMILES string of the molecule is Cc1csc(NC(=O)COC(=O)c2ccc3nc(-c4ccccc4)[nH]c3c2)n1. The molecule has 0 aliphatic rings. The number of nitrogens with zero attached hydrogens (tertiary/aromatic N) is 2. The lowest BCUT2D eigenvalue weighted by Crippen LogP contribution is -2.20. The molecule has 0 unspecified atom stereocenters. The standard InChI is InChI=1S/C20H16N4O3S/c1-12-11-28-20(21-12)24-17(25)10-27-19(26)14-7-8-15-16(9-14)23-18(22-15)13-5-3-2-4-6-13/h2-9,11H,10H2,1H3,(H,22,23)(H,21,24,25). The summed E-state index contributed by atoms with van der Waals surface area (Å²) in [5.74, 6) is -0.292. The van der Waals surface area contributed by atoms with Crippen LogP contribution in [0.1, 0.15) is 16.1 Å². The smallest absolute Gasteiger partial charge is 0.338 e. The second-order valence-corrected chi connectivity index (χ2v) is 6.96. The maximum absolute atomic E-state index is 12.3. The number of imidazole rings is 1. The van der Waals surface area contributed by atoms with Gasteiger partial charge in [0.2, 0.25) is 0 Å². The van der Waals surface area contributed by atoms with Crippen molar-refractivity contribution in [3.05, 3.63) is 65.2 Å². The van der Waals surface area contributed by atoms with Crippen LogP contribution < -0.4 is 5.32 Å². The molecule has 0 atom stereocenters. The van der Waals surface area contributed by atoms with Crippen LogP contribution in [0.3, 0.4) is 0 Å². The molecule has 1 amide bonds. The lowest BCUT2D eigenvalue weighted by molar-refractivity contribution is -0.119. The van der Waals surface area contributed by atoms with Gasteiger partial charge in [-0.1, -0.05) is 30.3 Å². The molecule has 8 heteroatoms. The van der Waals surface area contributed by atoms with E-state index in [9.17, 15) is 9.59 Å². The third-order valence-corrected chi connectivity index (χ3v) is 4.84. The largest absolute Gasteiger partial charge is 0.452 e. The molecule has 4 rings (SSSR count). The van der Waals surface area contributed by atoms with E-state index < -0.39 is 11.9 Å². The number of amides is 1. The number of anilines is 1. The predicted octanol–water partition coefficient (Wildman–Crippen LogP) is 3.79. The Labute approximate surface area is 164 Å². The number of aromatic nitrogens is 3. The molecule has 0 aliphatic heterocycles. The van der Waals surface area contributed by atoms with Gasteiger partial charge >= 0.3 is 5.97 Å². The fourth-order valence-corrected chi connectivity index (χ4v) is 3.35. The number of carbonyl (C=O) groups excluding carboxylic acids is 2. The fourth-order valence-electron chi connectivity index (χ4n) is 2.65. The van der Waals surface area contributed by atoms with Gasteiger partial charge in [0, 0.05) is 10.9 Å². The molecule has 0 fully saturated rings. The monoisotopic (exact) mass is 392 g/mol. The van der Waals surface area contributed by atoms with Crippen LogP contribution in [0, 0.1) is 6.92 Å². The zero-order valence-electron chi connectivity index (χ0n) is 14.9. The molecule has 7 nitrogen and oxygen atoms in total. The second kappa shape index (κ2) is 7.61. The fraction of sp³-hybridized carbons (Fsp3) is 0.100. The summed E-state index contributed by atoms with van der Waals surface area (Å²) in [5, 5.41) is 4.90. The van der Waals surface area contributed by atoms with E-state index in [2.05, 4.69) is 20.3 Å². The number of ether oxygens (including phenoxy) is 1. The van der Waals surface area contributed by atoms with Crippen LogP contribution in [0.25, 0.3) is 22.4 Å². The zero-order chi connectivity index (χ0) is 19.5. The molecule has 2 heterocycles. The molecule has 0 radical (unpaired) electrons. The van der Waals surface area contributed by atoms with E-state index in [0.29, 0.717) is 10.7 Å². The number of thiazole rings is 1. The Balaban J connectivity index is 1.43. The number of aromatic amines is 1. The predicted molar refractivity (Wildman–Crippen MR) is 107 cm³/mol. The quantitative estimate of drug-likeness (QED) is 0.504. The molecule has 4 aromatic rings. The molecule has 0 spiro atoms. The highest BCUT2D eigenvalue weighted by atomic mass is 32.1. The number of hydrogen-bond donors (Lipinski definition) is 2. The number of aryl methyl sites for hydroxylation is 1. The van der Waals surface area contributed by atoms with E-state index in [-0.39, 0.29) is 6.61 Å². The summed E-state index contributed by atoms with van der Waals surface area (Å²) in [7, 11) is 0. The maximum atomic E-state index is 12.3. The average molecular weight is 392 g/mol. The van der Waals surface area contributed by atoms with Gasteiger partial charge in [0.25, 0.3) is 5.91 Å². The van der Waals surface area contributed by atoms with Crippen LogP contribution in [-0.4, -0.2) is 33.4 Å². The Morgan fingerprint density at radius 1 is 1.14 bits per heavy atom. The zero-order valence-corrected chi connectivity index (χ0v) is 15.7. The third-order valence-electron chi connectivity index (χ3n) is 3.96. The molecule has 0 bridgehead atoms. The van der Waals surface area contributed by atoms with Gasteiger partial charge in [-0.2, -0.15) is 0 Å². The lowest BCUT2D eigenvalue weighted by Gasteiger charge is -2.04. The van der Waals surface area contributed by atoms with Crippen LogP contribution in [0.5, 0.6) is 0 Å². The van der Waals surface area contributed by atoms with E-state index >= 15 is 0 Å². The van der Waals surface area contributed by atoms with E-state index in [1.807, 2.05) is 42.6 Å². The van der Waals surface area contributed by atoms with Crippen molar-refractivity contribution in [3.8, 4) is 11.4 Å². The Kier molecular flexibility index (Phi) is 4.86. The molecular weight excluding hydrogens is 376 g/mol. The van der Waals surface area contributed by atoms with Crippen molar-refractivity contribution in [3.63, 3.8) is 0 Å². The van der Waals surface area contributed by atoms with Crippen LogP contribution in [0.4, 0.5) is 5.13 Å². The summed E-state index contributed by atoms with van der Waals surface area (Å²) in [5.41, 5.74) is 3.58. The van der Waals surface area contributed by atoms with Crippen LogP contribution in [0.15, 0.2) is 53.9 Å². The van der Waals surface area contributed by atoms with Crippen LogP contribution in [0.2, 0.25) is 0 Å². The number of rotatable bonds is 5. The van der Waals surface area contributed by atoms with Gasteiger partial charge in [0.05, 0.1) is 22.3 Å². The first-order valence-electron chi connectivity index (χ1n) is 8.53. The van der Waals surface area contributed by atoms with Gasteiger partial charge in [-0.25, -0.2) is 14.8 Å². The van der Waals surface area contributed by atoms with Gasteiger partial charge in [-0.3, -0.25) is 10.1 Å². The molecular formula is C20H16N4O3S. The Morgan fingerprint density at radius 3 is 2.71 bits per heavy atom. The normalized spacial score (nSPS) is 10.8. The van der Waals surface area contributed by atoms with Gasteiger partial charge in [0.1, 0.15) is 5.82 Å². The first kappa shape index (κ1) is 17.9. The summed E-state index contributed by atoms with van der Waals surface area (Å²) in [6.45, 7) is 1.45. The summed E-state index contributed by atoms with van der Waals surface area (Å²) in [6, 6.07) is 14.7. The molecule has 28 heavy (non-hydrogen) atoms. The Morgan fingerprint density at radius 2 is 1.96 bits per heavy atom. The van der Waals surface area contributed by atoms with Gasteiger partial charge in [-0.05, 0) is 25.1 Å². The topological polar surface area (TPSA) is 97.0 Å². The Hall–Kier alpha value is -3.52. The highest BCUT2D eigenvalue weighted by molar-refractivity contribution is 7.13. The highest BCUT2D eigenvalue weighted by Gasteiger charge is 2.13. The lowest BCUT2D eigenvalue weighted by atomic mass is 10.2. The molecule has 2 N–H and O–H groups in total. The van der Waals surface area contributed by atoms with Crippen molar-refractivity contribution in [2.75, 3.05) is 11.9 Å². The van der Waals surface area contributed by atoms with Crippen molar-refractivity contribution in [1.29, 1.82) is 0 Å². The maximum Gasteiger partial charge on any atom is 0.338 e. The summed E-state index contributed by atoms with van der Waals surface area (Å²) >= 11 is 1.32. The van der Waals surface area contributed by atoms with Crippen molar-refractivity contribution >= 4 is 39.4 Å². The van der Waals surface area contributed by atoms with E-state index in [4.69, 9.17) is 4.74 Å². The number of hydrogen-bond acceptors (Lipinski definition) is 6. The van der Waals surface area contributed by atoms with Crippen molar-refractivity contribution in [1.82, 2.24) is 15.0 Å². The first-order valence-corrected chi connectivity index (χ1v) is 9.41. The van der Waals surface area contributed by atoms with E-state index in [0.717, 1.165) is 28.1 Å².